The summed E-state index contributed by atoms with van der Waals surface area (Å²) in [4.78, 5) is 0. The molecule has 0 fully saturated rings. The molecule has 0 saturated heterocycles. The monoisotopic (exact) mass is 256 g/mol. The molecule has 0 bridgehead atoms. The number of nitrogens with one attached hydrogen (secondary N) is 1. The van der Waals surface area contributed by atoms with Gasteiger partial charge in [-0.25, -0.2) is 0 Å². The van der Waals surface area contributed by atoms with Crippen molar-refractivity contribution >= 4 is 0 Å². The quantitative estimate of drug-likeness (QED) is 0.891. The van der Waals surface area contributed by atoms with Crippen molar-refractivity contribution in [3.63, 3.8) is 0 Å². The highest BCUT2D eigenvalue weighted by Crippen LogP contribution is 2.43. The summed E-state index contributed by atoms with van der Waals surface area (Å²) in [6.45, 7) is 3.22. The van der Waals surface area contributed by atoms with Crippen LogP contribution in [0.1, 0.15) is 42.1 Å². The zero-order valence-corrected chi connectivity index (χ0v) is 11.5. The third-order valence-corrected chi connectivity index (χ3v) is 3.98. The van der Waals surface area contributed by atoms with Crippen molar-refractivity contribution in [3.05, 3.63) is 47.3 Å². The van der Waals surface area contributed by atoms with Crippen molar-refractivity contribution in [1.29, 1.82) is 0 Å². The van der Waals surface area contributed by atoms with Crippen molar-refractivity contribution in [2.24, 2.45) is 7.05 Å². The van der Waals surface area contributed by atoms with Gasteiger partial charge >= 0.3 is 0 Å². The van der Waals surface area contributed by atoms with Crippen LogP contribution in [0.4, 0.5) is 0 Å². The number of hydrogen-bond acceptors (Lipinski definition) is 3. The standard InChI is InChI=1S/C15H20N4/c1-3-8-16-15(14-10-17-18-19(14)2)13-9-11-6-4-5-7-12(11)13/h4-7,10,13,15-16H,3,8-9H2,1-2H3. The molecule has 2 aromatic rings. The highest BCUT2D eigenvalue weighted by atomic mass is 15.4. The van der Waals surface area contributed by atoms with Crippen LogP contribution < -0.4 is 5.32 Å². The van der Waals surface area contributed by atoms with E-state index in [4.69, 9.17) is 0 Å². The first-order valence-electron chi connectivity index (χ1n) is 6.97. The van der Waals surface area contributed by atoms with E-state index in [2.05, 4.69) is 46.8 Å². The van der Waals surface area contributed by atoms with Crippen molar-refractivity contribution < 1.29 is 0 Å². The molecule has 1 N–H and O–H groups in total. The largest absolute Gasteiger partial charge is 0.308 e. The van der Waals surface area contributed by atoms with E-state index >= 15 is 0 Å². The van der Waals surface area contributed by atoms with Crippen molar-refractivity contribution in [3.8, 4) is 0 Å². The van der Waals surface area contributed by atoms with Gasteiger partial charge in [-0.1, -0.05) is 36.4 Å². The Kier molecular flexibility index (Phi) is 3.34. The van der Waals surface area contributed by atoms with Crippen LogP contribution in [0.2, 0.25) is 0 Å². The van der Waals surface area contributed by atoms with Crippen LogP contribution >= 0.6 is 0 Å². The van der Waals surface area contributed by atoms with Crippen molar-refractivity contribution in [2.75, 3.05) is 6.54 Å². The van der Waals surface area contributed by atoms with Crippen LogP contribution in [0.5, 0.6) is 0 Å². The number of nitrogens with zero attached hydrogens (tertiary/aromatic N) is 3. The van der Waals surface area contributed by atoms with E-state index in [0.29, 0.717) is 12.0 Å². The van der Waals surface area contributed by atoms with Crippen molar-refractivity contribution in [1.82, 2.24) is 20.3 Å². The van der Waals surface area contributed by atoms with Crippen LogP contribution in [-0.2, 0) is 13.5 Å². The number of rotatable bonds is 5. The highest BCUT2D eigenvalue weighted by molar-refractivity contribution is 5.42. The fraction of sp³-hybridized carbons (Fsp3) is 0.467. The molecule has 1 aromatic carbocycles. The average molecular weight is 256 g/mol. The lowest BCUT2D eigenvalue weighted by Crippen LogP contribution is -2.35. The topological polar surface area (TPSA) is 42.7 Å². The predicted octanol–water partition coefficient (Wildman–Crippen LogP) is 2.20. The first-order chi connectivity index (χ1) is 9.31. The summed E-state index contributed by atoms with van der Waals surface area (Å²) >= 11 is 0. The van der Waals surface area contributed by atoms with E-state index in [1.807, 2.05) is 17.9 Å². The summed E-state index contributed by atoms with van der Waals surface area (Å²) in [6.07, 6.45) is 4.16. The minimum absolute atomic E-state index is 0.315. The summed E-state index contributed by atoms with van der Waals surface area (Å²) in [5.41, 5.74) is 4.12. The Hall–Kier alpha value is -1.68. The van der Waals surface area contributed by atoms with Gasteiger partial charge in [0.25, 0.3) is 0 Å². The predicted molar refractivity (Wildman–Crippen MR) is 74.9 cm³/mol. The maximum atomic E-state index is 4.07. The molecular formula is C15H20N4. The highest BCUT2D eigenvalue weighted by Gasteiger charge is 2.34. The van der Waals surface area contributed by atoms with E-state index in [-0.39, 0.29) is 0 Å². The number of aryl methyl sites for hydroxylation is 1. The molecule has 2 atom stereocenters. The van der Waals surface area contributed by atoms with Gasteiger partial charge in [-0.3, -0.25) is 4.68 Å². The molecule has 4 nitrogen and oxygen atoms in total. The molecule has 1 aliphatic carbocycles. The molecule has 0 radical (unpaired) electrons. The minimum atomic E-state index is 0.315. The zero-order chi connectivity index (χ0) is 13.2. The van der Waals surface area contributed by atoms with Gasteiger partial charge in [0.05, 0.1) is 17.9 Å². The maximum Gasteiger partial charge on any atom is 0.0759 e. The third kappa shape index (κ3) is 2.16. The van der Waals surface area contributed by atoms with Crippen molar-refractivity contribution in [2.45, 2.75) is 31.7 Å². The molecule has 19 heavy (non-hydrogen) atoms. The Morgan fingerprint density at radius 2 is 2.26 bits per heavy atom. The average Bonchev–Trinajstić information content (AvgIpc) is 2.81. The normalized spacial score (nSPS) is 18.7. The Bertz CT molecular complexity index is 561. The fourth-order valence-electron chi connectivity index (χ4n) is 2.93. The maximum absolute atomic E-state index is 4.07. The summed E-state index contributed by atoms with van der Waals surface area (Å²) in [5.74, 6) is 0.542. The lowest BCUT2D eigenvalue weighted by Gasteiger charge is -2.37. The summed E-state index contributed by atoms with van der Waals surface area (Å²) in [5, 5.41) is 11.7. The zero-order valence-electron chi connectivity index (χ0n) is 11.5. The molecule has 4 heteroatoms. The molecule has 0 aliphatic heterocycles. The van der Waals surface area contributed by atoms with E-state index in [1.54, 1.807) is 0 Å². The molecule has 100 valence electrons. The second-order valence-corrected chi connectivity index (χ2v) is 5.22. The smallest absolute Gasteiger partial charge is 0.0759 e. The third-order valence-electron chi connectivity index (χ3n) is 3.98. The van der Waals surface area contributed by atoms with Gasteiger partial charge < -0.3 is 5.32 Å². The van der Waals surface area contributed by atoms with Gasteiger partial charge in [0.1, 0.15) is 0 Å². The van der Waals surface area contributed by atoms with E-state index in [1.165, 1.54) is 16.8 Å². The summed E-state index contributed by atoms with van der Waals surface area (Å²) < 4.78 is 1.88. The Balaban J connectivity index is 1.88. The lowest BCUT2D eigenvalue weighted by atomic mass is 9.72. The van der Waals surface area contributed by atoms with Gasteiger partial charge in [0.2, 0.25) is 0 Å². The van der Waals surface area contributed by atoms with Gasteiger partial charge in [-0.2, -0.15) is 0 Å². The molecule has 3 rings (SSSR count). The van der Waals surface area contributed by atoms with Crippen LogP contribution in [0.15, 0.2) is 30.5 Å². The molecule has 0 saturated carbocycles. The Labute approximate surface area is 113 Å². The van der Waals surface area contributed by atoms with Crippen LogP contribution in [0, 0.1) is 0 Å². The van der Waals surface area contributed by atoms with Gasteiger partial charge in [0, 0.05) is 13.0 Å². The van der Waals surface area contributed by atoms with Crippen LogP contribution in [0.25, 0.3) is 0 Å². The minimum Gasteiger partial charge on any atom is -0.308 e. The molecule has 0 amide bonds. The summed E-state index contributed by atoms with van der Waals surface area (Å²) in [7, 11) is 1.97. The van der Waals surface area contributed by atoms with Gasteiger partial charge in [0.15, 0.2) is 0 Å². The number of aromatic nitrogens is 3. The first-order valence-corrected chi connectivity index (χ1v) is 6.97. The summed E-state index contributed by atoms with van der Waals surface area (Å²) in [6, 6.07) is 9.03. The number of hydrogen-bond donors (Lipinski definition) is 1. The van der Waals surface area contributed by atoms with Crippen LogP contribution in [-0.4, -0.2) is 21.5 Å². The SMILES string of the molecule is CCCNC(c1cnnn1C)C1Cc2ccccc21. The van der Waals surface area contributed by atoms with Gasteiger partial charge in [-0.05, 0) is 30.5 Å². The van der Waals surface area contributed by atoms with E-state index < -0.39 is 0 Å². The molecule has 1 aromatic heterocycles. The molecular weight excluding hydrogens is 236 g/mol. The number of benzene rings is 1. The molecule has 1 heterocycles. The lowest BCUT2D eigenvalue weighted by molar-refractivity contribution is 0.391. The first kappa shape index (κ1) is 12.4. The molecule has 0 spiro atoms. The second kappa shape index (κ2) is 5.13. The van der Waals surface area contributed by atoms with Gasteiger partial charge in [-0.15, -0.1) is 5.10 Å². The Morgan fingerprint density at radius 1 is 1.42 bits per heavy atom. The molecule has 2 unspecified atom stereocenters. The fourth-order valence-corrected chi connectivity index (χ4v) is 2.93. The van der Waals surface area contributed by atoms with E-state index in [9.17, 15) is 0 Å². The van der Waals surface area contributed by atoms with E-state index in [0.717, 1.165) is 19.4 Å². The second-order valence-electron chi connectivity index (χ2n) is 5.22. The number of fused-ring (bicyclic) bond motifs is 1. The van der Waals surface area contributed by atoms with Crippen LogP contribution in [0.3, 0.4) is 0 Å². The Morgan fingerprint density at radius 3 is 2.95 bits per heavy atom. The molecule has 1 aliphatic rings.